The number of hydrogen-bond acceptors (Lipinski definition) is 4. The first-order valence-electron chi connectivity index (χ1n) is 7.40. The van der Waals surface area contributed by atoms with Crippen molar-refractivity contribution in [1.29, 1.82) is 0 Å². The van der Waals surface area contributed by atoms with E-state index in [2.05, 4.69) is 39.1 Å². The highest BCUT2D eigenvalue weighted by atomic mass is 16.5. The van der Waals surface area contributed by atoms with Gasteiger partial charge in [-0.15, -0.1) is 0 Å². The van der Waals surface area contributed by atoms with E-state index in [0.29, 0.717) is 6.04 Å². The SMILES string of the molecule is CO[C@@H]1CCN(c2ncc(C)cn2)[C@H]1Cc1ccccc1. The Bertz CT molecular complexity index is 570. The van der Waals surface area contributed by atoms with Crippen LogP contribution in [0.3, 0.4) is 0 Å². The number of aryl methyl sites for hydroxylation is 1. The Hall–Kier alpha value is -1.94. The molecule has 0 N–H and O–H groups in total. The van der Waals surface area contributed by atoms with E-state index in [9.17, 15) is 0 Å². The molecule has 0 unspecified atom stereocenters. The Morgan fingerprint density at radius 3 is 2.57 bits per heavy atom. The second-order valence-electron chi connectivity index (χ2n) is 5.57. The topological polar surface area (TPSA) is 38.2 Å². The number of methoxy groups -OCH3 is 1. The first-order valence-corrected chi connectivity index (χ1v) is 7.40. The molecular formula is C17H21N3O. The Morgan fingerprint density at radius 1 is 1.19 bits per heavy atom. The molecule has 2 aromatic rings. The average Bonchev–Trinajstić information content (AvgIpc) is 2.92. The molecule has 1 fully saturated rings. The lowest BCUT2D eigenvalue weighted by Crippen LogP contribution is -2.38. The van der Waals surface area contributed by atoms with Gasteiger partial charge in [-0.25, -0.2) is 9.97 Å². The standard InChI is InChI=1S/C17H21N3O/c1-13-11-18-17(19-12-13)20-9-8-16(21-2)15(20)10-14-6-4-3-5-7-14/h3-7,11-12,15-16H,8-10H2,1-2H3/t15-,16+/m0/s1. The third-order valence-corrected chi connectivity index (χ3v) is 4.10. The molecule has 4 nitrogen and oxygen atoms in total. The normalized spacial score (nSPS) is 21.7. The summed E-state index contributed by atoms with van der Waals surface area (Å²) in [5.41, 5.74) is 2.41. The molecule has 0 amide bonds. The van der Waals surface area contributed by atoms with Crippen molar-refractivity contribution < 1.29 is 4.74 Å². The van der Waals surface area contributed by atoms with Gasteiger partial charge in [-0.2, -0.15) is 0 Å². The summed E-state index contributed by atoms with van der Waals surface area (Å²) in [5.74, 6) is 0.807. The van der Waals surface area contributed by atoms with Crippen LogP contribution in [0, 0.1) is 6.92 Å². The van der Waals surface area contributed by atoms with E-state index in [0.717, 1.165) is 30.9 Å². The van der Waals surface area contributed by atoms with Gasteiger partial charge in [0.15, 0.2) is 0 Å². The van der Waals surface area contributed by atoms with E-state index in [-0.39, 0.29) is 6.10 Å². The van der Waals surface area contributed by atoms with E-state index in [1.165, 1.54) is 5.56 Å². The fourth-order valence-corrected chi connectivity index (χ4v) is 2.98. The van der Waals surface area contributed by atoms with Gasteiger partial charge >= 0.3 is 0 Å². The first-order chi connectivity index (χ1) is 10.3. The number of anilines is 1. The molecule has 2 atom stereocenters. The lowest BCUT2D eigenvalue weighted by atomic mass is 10.0. The van der Waals surface area contributed by atoms with E-state index >= 15 is 0 Å². The maximum atomic E-state index is 5.67. The van der Waals surface area contributed by atoms with Crippen LogP contribution in [-0.4, -0.2) is 35.8 Å². The summed E-state index contributed by atoms with van der Waals surface area (Å²) >= 11 is 0. The first kappa shape index (κ1) is 14.0. The highest BCUT2D eigenvalue weighted by Gasteiger charge is 2.35. The van der Waals surface area contributed by atoms with E-state index in [1.54, 1.807) is 7.11 Å². The molecular weight excluding hydrogens is 262 g/mol. The van der Waals surface area contributed by atoms with E-state index in [1.807, 2.05) is 25.4 Å². The monoisotopic (exact) mass is 283 g/mol. The van der Waals surface area contributed by atoms with Crippen molar-refractivity contribution in [3.63, 3.8) is 0 Å². The van der Waals surface area contributed by atoms with Crippen LogP contribution in [0.5, 0.6) is 0 Å². The van der Waals surface area contributed by atoms with Crippen LogP contribution in [0.25, 0.3) is 0 Å². The van der Waals surface area contributed by atoms with Crippen molar-refractivity contribution in [3.8, 4) is 0 Å². The largest absolute Gasteiger partial charge is 0.379 e. The van der Waals surface area contributed by atoms with Gasteiger partial charge in [-0.05, 0) is 30.9 Å². The number of aromatic nitrogens is 2. The van der Waals surface area contributed by atoms with Gasteiger partial charge in [0, 0.05) is 26.0 Å². The molecule has 21 heavy (non-hydrogen) atoms. The Balaban J connectivity index is 1.83. The minimum absolute atomic E-state index is 0.232. The van der Waals surface area contributed by atoms with Crippen molar-refractivity contribution in [2.75, 3.05) is 18.6 Å². The molecule has 110 valence electrons. The van der Waals surface area contributed by atoms with Crippen molar-refractivity contribution in [2.24, 2.45) is 0 Å². The van der Waals surface area contributed by atoms with Gasteiger partial charge in [-0.1, -0.05) is 30.3 Å². The number of nitrogens with zero attached hydrogens (tertiary/aromatic N) is 3. The molecule has 3 rings (SSSR count). The molecule has 0 radical (unpaired) electrons. The van der Waals surface area contributed by atoms with Gasteiger partial charge in [0.25, 0.3) is 0 Å². The smallest absolute Gasteiger partial charge is 0.225 e. The minimum Gasteiger partial charge on any atom is -0.379 e. The van der Waals surface area contributed by atoms with Crippen LogP contribution in [0.4, 0.5) is 5.95 Å². The zero-order valence-electron chi connectivity index (χ0n) is 12.6. The number of rotatable bonds is 4. The summed E-state index contributed by atoms with van der Waals surface area (Å²) < 4.78 is 5.67. The van der Waals surface area contributed by atoms with Crippen LogP contribution in [0.1, 0.15) is 17.5 Å². The maximum Gasteiger partial charge on any atom is 0.225 e. The zero-order valence-corrected chi connectivity index (χ0v) is 12.6. The zero-order chi connectivity index (χ0) is 14.7. The number of hydrogen-bond donors (Lipinski definition) is 0. The van der Waals surface area contributed by atoms with E-state index in [4.69, 9.17) is 4.74 Å². The molecule has 2 heterocycles. The summed E-state index contributed by atoms with van der Waals surface area (Å²) in [6.45, 7) is 2.95. The van der Waals surface area contributed by atoms with Gasteiger partial charge in [0.1, 0.15) is 0 Å². The second-order valence-corrected chi connectivity index (χ2v) is 5.57. The van der Waals surface area contributed by atoms with Crippen molar-refractivity contribution in [1.82, 2.24) is 9.97 Å². The van der Waals surface area contributed by atoms with Crippen LogP contribution >= 0.6 is 0 Å². The third-order valence-electron chi connectivity index (χ3n) is 4.10. The highest BCUT2D eigenvalue weighted by molar-refractivity contribution is 5.36. The molecule has 1 aromatic heterocycles. The molecule has 0 saturated carbocycles. The molecule has 4 heteroatoms. The predicted molar refractivity (Wildman–Crippen MR) is 83.5 cm³/mol. The summed E-state index contributed by atoms with van der Waals surface area (Å²) in [4.78, 5) is 11.2. The quantitative estimate of drug-likeness (QED) is 0.864. The fraction of sp³-hybridized carbons (Fsp3) is 0.412. The second kappa shape index (κ2) is 6.22. The van der Waals surface area contributed by atoms with E-state index < -0.39 is 0 Å². The molecule has 0 spiro atoms. The van der Waals surface area contributed by atoms with Crippen LogP contribution in [-0.2, 0) is 11.2 Å². The number of ether oxygens (including phenoxy) is 1. The van der Waals surface area contributed by atoms with Crippen LogP contribution < -0.4 is 4.90 Å². The number of benzene rings is 1. The summed E-state index contributed by atoms with van der Waals surface area (Å²) in [6.07, 6.45) is 5.96. The van der Waals surface area contributed by atoms with Crippen molar-refractivity contribution >= 4 is 5.95 Å². The summed E-state index contributed by atoms with van der Waals surface area (Å²) in [7, 11) is 1.79. The lowest BCUT2D eigenvalue weighted by molar-refractivity contribution is 0.0952. The maximum absolute atomic E-state index is 5.67. The van der Waals surface area contributed by atoms with Crippen molar-refractivity contribution in [3.05, 3.63) is 53.9 Å². The molecule has 0 bridgehead atoms. The predicted octanol–water partition coefficient (Wildman–Crippen LogP) is 2.62. The average molecular weight is 283 g/mol. The molecule has 1 aliphatic heterocycles. The van der Waals surface area contributed by atoms with Crippen LogP contribution in [0.2, 0.25) is 0 Å². The molecule has 0 aliphatic carbocycles. The Kier molecular flexibility index (Phi) is 4.15. The van der Waals surface area contributed by atoms with Gasteiger partial charge in [0.05, 0.1) is 12.1 Å². The minimum atomic E-state index is 0.232. The highest BCUT2D eigenvalue weighted by Crippen LogP contribution is 2.27. The van der Waals surface area contributed by atoms with Gasteiger partial charge in [0.2, 0.25) is 5.95 Å². The third kappa shape index (κ3) is 3.05. The molecule has 1 saturated heterocycles. The van der Waals surface area contributed by atoms with Gasteiger partial charge in [-0.3, -0.25) is 0 Å². The Morgan fingerprint density at radius 2 is 1.90 bits per heavy atom. The van der Waals surface area contributed by atoms with Gasteiger partial charge < -0.3 is 9.64 Å². The van der Waals surface area contributed by atoms with Crippen molar-refractivity contribution in [2.45, 2.75) is 31.9 Å². The lowest BCUT2D eigenvalue weighted by Gasteiger charge is -2.27. The molecule has 1 aromatic carbocycles. The Labute approximate surface area is 125 Å². The summed E-state index contributed by atoms with van der Waals surface area (Å²) in [5, 5.41) is 0. The van der Waals surface area contributed by atoms with Crippen LogP contribution in [0.15, 0.2) is 42.7 Å². The summed E-state index contributed by atoms with van der Waals surface area (Å²) in [6, 6.07) is 10.8. The molecule has 1 aliphatic rings. The fourth-order valence-electron chi connectivity index (χ4n) is 2.98.